The van der Waals surface area contributed by atoms with Crippen molar-refractivity contribution in [3.8, 4) is 0 Å². The summed E-state index contributed by atoms with van der Waals surface area (Å²) in [7, 11) is 0. The minimum Gasteiger partial charge on any atom is -0.336 e. The number of hydrogen-bond acceptors (Lipinski definition) is 4. The van der Waals surface area contributed by atoms with E-state index in [2.05, 4.69) is 10.2 Å². The van der Waals surface area contributed by atoms with Crippen LogP contribution in [-0.4, -0.2) is 14.9 Å². The summed E-state index contributed by atoms with van der Waals surface area (Å²) >= 11 is 1.40. The van der Waals surface area contributed by atoms with E-state index in [0.29, 0.717) is 22.4 Å². The Morgan fingerprint density at radius 1 is 1.33 bits per heavy atom. The quantitative estimate of drug-likeness (QED) is 0.680. The van der Waals surface area contributed by atoms with Gasteiger partial charge in [0.1, 0.15) is 5.82 Å². The molecule has 1 aromatic carbocycles. The van der Waals surface area contributed by atoms with Gasteiger partial charge in [-0.2, -0.15) is 0 Å². The molecule has 1 aliphatic carbocycles. The molecule has 0 unspecified atom stereocenters. The first kappa shape index (κ1) is 11.5. The summed E-state index contributed by atoms with van der Waals surface area (Å²) in [5, 5.41) is 8.78. The summed E-state index contributed by atoms with van der Waals surface area (Å²) in [6.45, 7) is 0. The van der Waals surface area contributed by atoms with Gasteiger partial charge < -0.3 is 5.84 Å². The van der Waals surface area contributed by atoms with Crippen molar-refractivity contribution in [2.45, 2.75) is 29.7 Å². The number of rotatable bonds is 4. The van der Waals surface area contributed by atoms with E-state index in [1.54, 1.807) is 12.1 Å². The zero-order valence-corrected chi connectivity index (χ0v) is 10.5. The van der Waals surface area contributed by atoms with Crippen LogP contribution in [0, 0.1) is 5.82 Å². The Morgan fingerprint density at radius 3 is 2.83 bits per heavy atom. The van der Waals surface area contributed by atoms with Crippen molar-refractivity contribution in [1.29, 1.82) is 0 Å². The molecule has 0 bridgehead atoms. The number of benzene rings is 1. The molecule has 2 aromatic rings. The summed E-state index contributed by atoms with van der Waals surface area (Å²) in [5.74, 6) is 7.53. The van der Waals surface area contributed by atoms with Crippen molar-refractivity contribution in [2.24, 2.45) is 0 Å². The van der Waals surface area contributed by atoms with Crippen molar-refractivity contribution < 1.29 is 4.39 Å². The van der Waals surface area contributed by atoms with E-state index in [-0.39, 0.29) is 5.82 Å². The van der Waals surface area contributed by atoms with Gasteiger partial charge in [0.25, 0.3) is 0 Å². The van der Waals surface area contributed by atoms with Crippen molar-refractivity contribution in [3.63, 3.8) is 0 Å². The number of aromatic nitrogens is 3. The second-order valence-electron chi connectivity index (χ2n) is 4.37. The molecule has 1 heterocycles. The molecular weight excluding hydrogens is 251 g/mol. The molecule has 1 aromatic heterocycles. The van der Waals surface area contributed by atoms with Crippen molar-refractivity contribution >= 4 is 11.8 Å². The lowest BCUT2D eigenvalue weighted by molar-refractivity contribution is 0.617. The van der Waals surface area contributed by atoms with Gasteiger partial charge in [0, 0.05) is 11.7 Å². The van der Waals surface area contributed by atoms with Gasteiger partial charge in [0.15, 0.2) is 5.82 Å². The summed E-state index contributed by atoms with van der Waals surface area (Å²) in [6, 6.07) is 6.72. The van der Waals surface area contributed by atoms with Crippen LogP contribution in [0.3, 0.4) is 0 Å². The van der Waals surface area contributed by atoms with Crippen LogP contribution in [0.1, 0.15) is 30.1 Å². The van der Waals surface area contributed by atoms with E-state index < -0.39 is 0 Å². The van der Waals surface area contributed by atoms with Gasteiger partial charge >= 0.3 is 0 Å². The molecule has 0 radical (unpaired) electrons. The lowest BCUT2D eigenvalue weighted by Gasteiger charge is -2.03. The van der Waals surface area contributed by atoms with Crippen LogP contribution in [0.5, 0.6) is 0 Å². The maximum Gasteiger partial charge on any atom is 0.210 e. The van der Waals surface area contributed by atoms with Crippen LogP contribution >= 0.6 is 11.8 Å². The van der Waals surface area contributed by atoms with Crippen LogP contribution in [0.25, 0.3) is 0 Å². The van der Waals surface area contributed by atoms with Gasteiger partial charge in [-0.05, 0) is 24.5 Å². The predicted molar refractivity (Wildman–Crippen MR) is 68.1 cm³/mol. The second kappa shape index (κ2) is 4.61. The average molecular weight is 264 g/mol. The van der Waals surface area contributed by atoms with Gasteiger partial charge in [-0.25, -0.2) is 9.07 Å². The Morgan fingerprint density at radius 2 is 2.11 bits per heavy atom. The maximum absolute atomic E-state index is 13.4. The van der Waals surface area contributed by atoms with Gasteiger partial charge in [-0.3, -0.25) is 0 Å². The van der Waals surface area contributed by atoms with Crippen LogP contribution in [0.2, 0.25) is 0 Å². The van der Waals surface area contributed by atoms with Gasteiger partial charge in [-0.15, -0.1) is 10.2 Å². The third kappa shape index (κ3) is 2.20. The number of nitrogen functional groups attached to an aromatic ring is 1. The molecule has 0 amide bonds. The van der Waals surface area contributed by atoms with Crippen molar-refractivity contribution in [1.82, 2.24) is 14.9 Å². The predicted octanol–water partition coefficient (Wildman–Crippen LogP) is 2.30. The SMILES string of the molecule is Nn1c(SCc2ccccc2F)nnc1C1CC1. The van der Waals surface area contributed by atoms with Gasteiger partial charge in [0.2, 0.25) is 5.16 Å². The number of hydrogen-bond donors (Lipinski definition) is 1. The molecule has 2 N–H and O–H groups in total. The van der Waals surface area contributed by atoms with Crippen LogP contribution in [-0.2, 0) is 5.75 Å². The lowest BCUT2D eigenvalue weighted by atomic mass is 10.2. The summed E-state index contributed by atoms with van der Waals surface area (Å²) in [6.07, 6.45) is 2.26. The fourth-order valence-electron chi connectivity index (χ4n) is 1.76. The fourth-order valence-corrected chi connectivity index (χ4v) is 2.61. The number of thioether (sulfide) groups is 1. The number of halogens is 1. The fraction of sp³-hybridized carbons (Fsp3) is 0.333. The Kier molecular flexibility index (Phi) is 2.95. The first-order valence-electron chi connectivity index (χ1n) is 5.82. The van der Waals surface area contributed by atoms with E-state index in [4.69, 9.17) is 5.84 Å². The molecule has 0 aliphatic heterocycles. The highest BCUT2D eigenvalue weighted by Gasteiger charge is 2.29. The van der Waals surface area contributed by atoms with Gasteiger partial charge in [-0.1, -0.05) is 30.0 Å². The highest BCUT2D eigenvalue weighted by Crippen LogP contribution is 2.39. The average Bonchev–Trinajstić information content (AvgIpc) is 3.14. The minimum atomic E-state index is -0.199. The normalized spacial score (nSPS) is 14.9. The molecule has 4 nitrogen and oxygen atoms in total. The molecule has 94 valence electrons. The lowest BCUT2D eigenvalue weighted by Crippen LogP contribution is -2.13. The molecule has 6 heteroatoms. The molecule has 1 saturated carbocycles. The van der Waals surface area contributed by atoms with Crippen LogP contribution < -0.4 is 5.84 Å². The molecule has 3 rings (SSSR count). The zero-order valence-electron chi connectivity index (χ0n) is 9.71. The molecule has 1 fully saturated rings. The maximum atomic E-state index is 13.4. The van der Waals surface area contributed by atoms with E-state index >= 15 is 0 Å². The molecule has 18 heavy (non-hydrogen) atoms. The van der Waals surface area contributed by atoms with Gasteiger partial charge in [0.05, 0.1) is 0 Å². The summed E-state index contributed by atoms with van der Waals surface area (Å²) in [4.78, 5) is 0. The Hall–Kier alpha value is -1.56. The topological polar surface area (TPSA) is 56.7 Å². The first-order valence-corrected chi connectivity index (χ1v) is 6.81. The van der Waals surface area contributed by atoms with Crippen LogP contribution in [0.15, 0.2) is 29.4 Å². The van der Waals surface area contributed by atoms with Crippen molar-refractivity contribution in [3.05, 3.63) is 41.5 Å². The summed E-state index contributed by atoms with van der Waals surface area (Å²) in [5.41, 5.74) is 0.651. The highest BCUT2D eigenvalue weighted by molar-refractivity contribution is 7.98. The third-order valence-corrected chi connectivity index (χ3v) is 3.94. The monoisotopic (exact) mass is 264 g/mol. The number of nitrogens with zero attached hydrogens (tertiary/aromatic N) is 3. The Bertz CT molecular complexity index is 565. The second-order valence-corrected chi connectivity index (χ2v) is 5.31. The molecule has 0 spiro atoms. The third-order valence-electron chi connectivity index (χ3n) is 2.95. The first-order chi connectivity index (χ1) is 8.75. The Balaban J connectivity index is 1.72. The minimum absolute atomic E-state index is 0.199. The highest BCUT2D eigenvalue weighted by atomic mass is 32.2. The number of nitrogens with two attached hydrogens (primary N) is 1. The largest absolute Gasteiger partial charge is 0.336 e. The van der Waals surface area contributed by atoms with Crippen LogP contribution in [0.4, 0.5) is 4.39 Å². The summed E-state index contributed by atoms with van der Waals surface area (Å²) < 4.78 is 15.0. The zero-order chi connectivity index (χ0) is 12.5. The van der Waals surface area contributed by atoms with E-state index in [0.717, 1.165) is 18.7 Å². The molecule has 1 aliphatic rings. The van der Waals surface area contributed by atoms with E-state index in [9.17, 15) is 4.39 Å². The van der Waals surface area contributed by atoms with Crippen molar-refractivity contribution in [2.75, 3.05) is 5.84 Å². The van der Waals surface area contributed by atoms with E-state index in [1.807, 2.05) is 6.07 Å². The molecular formula is C12H13FN4S. The molecule has 0 atom stereocenters. The molecule has 0 saturated heterocycles. The smallest absolute Gasteiger partial charge is 0.210 e. The Labute approximate surface area is 108 Å². The van der Waals surface area contributed by atoms with E-state index in [1.165, 1.54) is 22.5 Å². The standard InChI is InChI=1S/C12H13FN4S/c13-10-4-2-1-3-9(10)7-18-12-16-15-11(17(12)14)8-5-6-8/h1-4,8H,5-7,14H2.